The quantitative estimate of drug-likeness (QED) is 0.878. The number of carbonyl (C=O) groups is 1. The van der Waals surface area contributed by atoms with E-state index >= 15 is 0 Å². The molecule has 3 nitrogen and oxygen atoms in total. The summed E-state index contributed by atoms with van der Waals surface area (Å²) in [4.78, 5) is 16.4. The number of anilines is 1. The standard InChI is InChI=1S/C15H11BrN2O/c16-10-1-2-13-11(7-10)15(14(19)18-13)8-12(15)9-3-5-17-6-4-9/h1-7,12H,8H2,(H,18,19)/t12-,15+/m1/s1. The highest BCUT2D eigenvalue weighted by Crippen LogP contribution is 2.65. The van der Waals surface area contributed by atoms with Crippen LogP contribution < -0.4 is 5.32 Å². The number of hydrogen-bond acceptors (Lipinski definition) is 2. The summed E-state index contributed by atoms with van der Waals surface area (Å²) in [6, 6.07) is 10.00. The van der Waals surface area contributed by atoms with Gasteiger partial charge in [0, 0.05) is 28.5 Å². The SMILES string of the molecule is O=C1Nc2ccc(Br)cc2[C@]12C[C@@H]2c1ccncc1. The minimum atomic E-state index is -0.361. The number of pyridine rings is 1. The van der Waals surface area contributed by atoms with Gasteiger partial charge in [0.05, 0.1) is 5.41 Å². The summed E-state index contributed by atoms with van der Waals surface area (Å²) in [6.07, 6.45) is 4.46. The summed E-state index contributed by atoms with van der Waals surface area (Å²) < 4.78 is 1.02. The predicted molar refractivity (Wildman–Crippen MR) is 76.0 cm³/mol. The highest BCUT2D eigenvalue weighted by Gasteiger charge is 2.65. The van der Waals surface area contributed by atoms with Crippen molar-refractivity contribution in [2.24, 2.45) is 0 Å². The van der Waals surface area contributed by atoms with E-state index in [1.165, 1.54) is 5.56 Å². The normalized spacial score (nSPS) is 27.2. The molecule has 0 bridgehead atoms. The summed E-state index contributed by atoms with van der Waals surface area (Å²) in [5.74, 6) is 0.397. The van der Waals surface area contributed by atoms with Crippen molar-refractivity contribution in [2.75, 3.05) is 5.32 Å². The largest absolute Gasteiger partial charge is 0.325 e. The predicted octanol–water partition coefficient (Wildman–Crippen LogP) is 3.22. The van der Waals surface area contributed by atoms with Crippen molar-refractivity contribution in [3.63, 3.8) is 0 Å². The zero-order valence-electron chi connectivity index (χ0n) is 10.1. The van der Waals surface area contributed by atoms with E-state index in [4.69, 9.17) is 0 Å². The van der Waals surface area contributed by atoms with Gasteiger partial charge < -0.3 is 5.32 Å². The van der Waals surface area contributed by atoms with Gasteiger partial charge in [-0.25, -0.2) is 0 Å². The van der Waals surface area contributed by atoms with Gasteiger partial charge in [0.1, 0.15) is 0 Å². The Balaban J connectivity index is 1.82. The molecule has 2 aromatic rings. The molecule has 1 aliphatic carbocycles. The van der Waals surface area contributed by atoms with Crippen LogP contribution in [0.4, 0.5) is 5.69 Å². The Morgan fingerprint density at radius 3 is 2.84 bits per heavy atom. The van der Waals surface area contributed by atoms with Gasteiger partial charge in [0.25, 0.3) is 0 Å². The second kappa shape index (κ2) is 3.67. The first-order valence-electron chi connectivity index (χ1n) is 6.23. The molecule has 1 spiro atoms. The molecule has 19 heavy (non-hydrogen) atoms. The molecular weight excluding hydrogens is 304 g/mol. The van der Waals surface area contributed by atoms with E-state index < -0.39 is 0 Å². The number of hydrogen-bond donors (Lipinski definition) is 1. The molecule has 2 heterocycles. The van der Waals surface area contributed by atoms with Crippen molar-refractivity contribution in [2.45, 2.75) is 17.8 Å². The van der Waals surface area contributed by atoms with Gasteiger partial charge in [-0.15, -0.1) is 0 Å². The van der Waals surface area contributed by atoms with Gasteiger partial charge in [0.2, 0.25) is 5.91 Å². The lowest BCUT2D eigenvalue weighted by molar-refractivity contribution is -0.118. The van der Waals surface area contributed by atoms with E-state index in [1.807, 2.05) is 24.3 Å². The monoisotopic (exact) mass is 314 g/mol. The lowest BCUT2D eigenvalue weighted by Gasteiger charge is -2.08. The van der Waals surface area contributed by atoms with Crippen molar-refractivity contribution in [3.05, 3.63) is 58.3 Å². The van der Waals surface area contributed by atoms with E-state index in [-0.39, 0.29) is 17.2 Å². The van der Waals surface area contributed by atoms with E-state index in [2.05, 4.69) is 32.3 Å². The molecule has 1 aliphatic heterocycles. The van der Waals surface area contributed by atoms with Crippen LogP contribution in [0.1, 0.15) is 23.5 Å². The Bertz CT molecular complexity index is 686. The number of amides is 1. The Kier molecular flexibility index (Phi) is 2.16. The average Bonchev–Trinajstić information content (AvgIpc) is 3.12. The van der Waals surface area contributed by atoms with Gasteiger partial charge in [-0.3, -0.25) is 9.78 Å². The fourth-order valence-electron chi connectivity index (χ4n) is 3.16. The van der Waals surface area contributed by atoms with Gasteiger partial charge in [0.15, 0.2) is 0 Å². The maximum Gasteiger partial charge on any atom is 0.235 e. The maximum atomic E-state index is 12.4. The Morgan fingerprint density at radius 2 is 2.05 bits per heavy atom. The van der Waals surface area contributed by atoms with E-state index in [0.29, 0.717) is 0 Å². The topological polar surface area (TPSA) is 42.0 Å². The van der Waals surface area contributed by atoms with E-state index in [0.717, 1.165) is 22.1 Å². The maximum absolute atomic E-state index is 12.4. The molecule has 1 amide bonds. The molecule has 94 valence electrons. The zero-order chi connectivity index (χ0) is 13.0. The van der Waals surface area contributed by atoms with Crippen LogP contribution in [0.2, 0.25) is 0 Å². The van der Waals surface area contributed by atoms with Gasteiger partial charge in [-0.1, -0.05) is 15.9 Å². The van der Waals surface area contributed by atoms with Crippen LogP contribution in [-0.2, 0) is 10.2 Å². The summed E-state index contributed by atoms with van der Waals surface area (Å²) in [7, 11) is 0. The number of nitrogens with one attached hydrogen (secondary N) is 1. The minimum absolute atomic E-state index is 0.127. The molecule has 2 aliphatic rings. The Morgan fingerprint density at radius 1 is 1.26 bits per heavy atom. The van der Waals surface area contributed by atoms with Crippen LogP contribution in [0.15, 0.2) is 47.2 Å². The molecule has 1 fully saturated rings. The number of halogens is 1. The third kappa shape index (κ3) is 1.43. The van der Waals surface area contributed by atoms with Crippen LogP contribution in [0.25, 0.3) is 0 Å². The first-order valence-corrected chi connectivity index (χ1v) is 7.02. The zero-order valence-corrected chi connectivity index (χ0v) is 11.6. The van der Waals surface area contributed by atoms with Crippen LogP contribution in [-0.4, -0.2) is 10.9 Å². The van der Waals surface area contributed by atoms with Crippen molar-refractivity contribution < 1.29 is 4.79 Å². The molecule has 0 radical (unpaired) electrons. The molecule has 2 atom stereocenters. The number of aromatic nitrogens is 1. The number of rotatable bonds is 1. The van der Waals surface area contributed by atoms with Gasteiger partial charge >= 0.3 is 0 Å². The van der Waals surface area contributed by atoms with Crippen molar-refractivity contribution >= 4 is 27.5 Å². The smallest absolute Gasteiger partial charge is 0.235 e. The van der Waals surface area contributed by atoms with Crippen LogP contribution in [0, 0.1) is 0 Å². The Hall–Kier alpha value is -1.68. The fraction of sp³-hybridized carbons (Fsp3) is 0.200. The van der Waals surface area contributed by atoms with Crippen molar-refractivity contribution in [3.8, 4) is 0 Å². The summed E-state index contributed by atoms with van der Waals surface area (Å²) in [5.41, 5.74) is 2.90. The second-order valence-corrected chi connectivity index (χ2v) is 6.07. The molecule has 1 aromatic carbocycles. The molecule has 0 saturated heterocycles. The third-order valence-electron chi connectivity index (χ3n) is 4.18. The Labute approximate surface area is 119 Å². The molecule has 0 unspecified atom stereocenters. The first-order chi connectivity index (χ1) is 9.22. The number of carbonyl (C=O) groups excluding carboxylic acids is 1. The van der Waals surface area contributed by atoms with Crippen molar-refractivity contribution in [1.29, 1.82) is 0 Å². The fourth-order valence-corrected chi connectivity index (χ4v) is 3.52. The summed E-state index contributed by atoms with van der Waals surface area (Å²) in [5, 5.41) is 3.00. The summed E-state index contributed by atoms with van der Waals surface area (Å²) in [6.45, 7) is 0. The summed E-state index contributed by atoms with van der Waals surface area (Å²) >= 11 is 3.49. The van der Waals surface area contributed by atoms with Gasteiger partial charge in [-0.05, 0) is 47.9 Å². The van der Waals surface area contributed by atoms with Crippen molar-refractivity contribution in [1.82, 2.24) is 4.98 Å². The average molecular weight is 315 g/mol. The van der Waals surface area contributed by atoms with E-state index in [1.54, 1.807) is 12.4 Å². The molecule has 1 saturated carbocycles. The molecule has 1 N–H and O–H groups in total. The number of nitrogens with zero attached hydrogens (tertiary/aromatic N) is 1. The molecule has 4 heteroatoms. The second-order valence-electron chi connectivity index (χ2n) is 5.15. The molecular formula is C15H11BrN2O. The highest BCUT2D eigenvalue weighted by molar-refractivity contribution is 9.10. The molecule has 1 aromatic heterocycles. The third-order valence-corrected chi connectivity index (χ3v) is 4.68. The van der Waals surface area contributed by atoms with Crippen LogP contribution >= 0.6 is 15.9 Å². The molecule has 4 rings (SSSR count). The van der Waals surface area contributed by atoms with Crippen LogP contribution in [0.5, 0.6) is 0 Å². The number of benzene rings is 1. The highest BCUT2D eigenvalue weighted by atomic mass is 79.9. The van der Waals surface area contributed by atoms with E-state index in [9.17, 15) is 4.79 Å². The first kappa shape index (κ1) is 11.2. The lowest BCUT2D eigenvalue weighted by Crippen LogP contribution is -2.20. The lowest BCUT2D eigenvalue weighted by atomic mass is 9.92. The number of fused-ring (bicyclic) bond motifs is 2. The van der Waals surface area contributed by atoms with Crippen LogP contribution in [0.3, 0.4) is 0 Å². The van der Waals surface area contributed by atoms with Gasteiger partial charge in [-0.2, -0.15) is 0 Å². The minimum Gasteiger partial charge on any atom is -0.325 e.